The van der Waals surface area contributed by atoms with Crippen LogP contribution in [-0.2, 0) is 6.42 Å². The molecule has 2 atom stereocenters. The van der Waals surface area contributed by atoms with E-state index in [1.807, 2.05) is 19.1 Å². The second-order valence-electron chi connectivity index (χ2n) is 8.75. The number of carbonyl (C=O) groups is 1. The van der Waals surface area contributed by atoms with E-state index in [9.17, 15) is 9.18 Å². The van der Waals surface area contributed by atoms with Crippen LogP contribution in [0, 0.1) is 24.6 Å². The molecule has 162 valence electrons. The zero-order valence-corrected chi connectivity index (χ0v) is 18.3. The summed E-state index contributed by atoms with van der Waals surface area (Å²) in [4.78, 5) is 24.5. The minimum atomic E-state index is -0.249. The Morgan fingerprint density at radius 3 is 2.84 bits per heavy atom. The lowest BCUT2D eigenvalue weighted by atomic mass is 9.98. The summed E-state index contributed by atoms with van der Waals surface area (Å²) in [6.07, 6.45) is 6.04. The van der Waals surface area contributed by atoms with Gasteiger partial charge in [-0.2, -0.15) is 0 Å². The van der Waals surface area contributed by atoms with Gasteiger partial charge >= 0.3 is 0 Å². The van der Waals surface area contributed by atoms with Crippen LogP contribution in [0.4, 0.5) is 15.8 Å². The third-order valence-corrected chi connectivity index (χ3v) is 7.51. The largest absolute Gasteiger partial charge is 0.396 e. The number of anilines is 2. The standard InChI is InChI=1S/C23H26FN5OS/c1-13-10-27-20-19(25)21(31-23(20)28-13)22(30)26-7-6-14-4-5-18(17(24)9-14)29-11-15-2-3-16(8-15)12-29/h4-5,9-10,15-16H,2-3,6-8,11-12,25H2,1H3,(H,26,30). The van der Waals surface area contributed by atoms with Crippen molar-refractivity contribution in [3.8, 4) is 0 Å². The smallest absolute Gasteiger partial charge is 0.263 e. The topological polar surface area (TPSA) is 84.1 Å². The van der Waals surface area contributed by atoms with E-state index in [4.69, 9.17) is 5.73 Å². The first-order valence-electron chi connectivity index (χ1n) is 10.8. The Morgan fingerprint density at radius 1 is 1.32 bits per heavy atom. The van der Waals surface area contributed by atoms with Gasteiger partial charge in [0, 0.05) is 25.8 Å². The van der Waals surface area contributed by atoms with Gasteiger partial charge in [0.2, 0.25) is 0 Å². The minimum absolute atomic E-state index is 0.175. The van der Waals surface area contributed by atoms with Gasteiger partial charge in [-0.25, -0.2) is 14.4 Å². The number of thiophene rings is 1. The highest BCUT2D eigenvalue weighted by Gasteiger charge is 2.33. The predicted octanol–water partition coefficient (Wildman–Crippen LogP) is 3.93. The van der Waals surface area contributed by atoms with E-state index in [1.165, 1.54) is 30.6 Å². The summed E-state index contributed by atoms with van der Waals surface area (Å²) in [6, 6.07) is 5.45. The molecular formula is C23H26FN5OS. The minimum Gasteiger partial charge on any atom is -0.396 e. The fraction of sp³-hybridized carbons (Fsp3) is 0.435. The molecule has 1 saturated carbocycles. The van der Waals surface area contributed by atoms with Crippen LogP contribution in [0.3, 0.4) is 0 Å². The van der Waals surface area contributed by atoms with E-state index in [2.05, 4.69) is 20.2 Å². The maximum Gasteiger partial charge on any atom is 0.263 e. The summed E-state index contributed by atoms with van der Waals surface area (Å²) < 4.78 is 14.8. The lowest BCUT2D eigenvalue weighted by Crippen LogP contribution is -2.36. The first kappa shape index (κ1) is 20.2. The molecule has 3 heterocycles. The summed E-state index contributed by atoms with van der Waals surface area (Å²) in [6.45, 7) is 4.17. The normalized spacial score (nSPS) is 20.4. The molecule has 2 aromatic heterocycles. The second kappa shape index (κ2) is 8.07. The van der Waals surface area contributed by atoms with Gasteiger partial charge < -0.3 is 16.0 Å². The molecule has 1 aliphatic heterocycles. The van der Waals surface area contributed by atoms with E-state index in [0.717, 1.165) is 24.3 Å². The fourth-order valence-electron chi connectivity index (χ4n) is 4.91. The van der Waals surface area contributed by atoms with Crippen LogP contribution in [0.5, 0.6) is 0 Å². The Balaban J connectivity index is 1.21. The van der Waals surface area contributed by atoms with Crippen molar-refractivity contribution in [1.82, 2.24) is 15.3 Å². The molecular weight excluding hydrogens is 413 g/mol. The molecule has 1 aliphatic carbocycles. The van der Waals surface area contributed by atoms with Crippen molar-refractivity contribution in [1.29, 1.82) is 0 Å². The van der Waals surface area contributed by atoms with Crippen LogP contribution in [-0.4, -0.2) is 35.5 Å². The van der Waals surface area contributed by atoms with Crippen molar-refractivity contribution in [2.75, 3.05) is 30.3 Å². The van der Waals surface area contributed by atoms with E-state index >= 15 is 0 Å². The number of hydrogen-bond acceptors (Lipinski definition) is 6. The molecule has 2 unspecified atom stereocenters. The number of benzene rings is 1. The zero-order valence-electron chi connectivity index (χ0n) is 17.5. The zero-order chi connectivity index (χ0) is 21.5. The van der Waals surface area contributed by atoms with Crippen LogP contribution in [0.2, 0.25) is 0 Å². The molecule has 8 heteroatoms. The highest BCUT2D eigenvalue weighted by Crippen LogP contribution is 2.38. The third-order valence-electron chi connectivity index (χ3n) is 6.42. The predicted molar refractivity (Wildman–Crippen MR) is 122 cm³/mol. The summed E-state index contributed by atoms with van der Waals surface area (Å²) in [5, 5.41) is 2.88. The van der Waals surface area contributed by atoms with E-state index in [1.54, 1.807) is 12.3 Å². The molecule has 2 fully saturated rings. The first-order valence-corrected chi connectivity index (χ1v) is 11.6. The van der Waals surface area contributed by atoms with Crippen molar-refractivity contribution in [2.45, 2.75) is 32.6 Å². The van der Waals surface area contributed by atoms with Crippen molar-refractivity contribution < 1.29 is 9.18 Å². The second-order valence-corrected chi connectivity index (χ2v) is 9.75. The number of nitrogen functional groups attached to an aromatic ring is 1. The van der Waals surface area contributed by atoms with Crippen LogP contribution < -0.4 is 16.0 Å². The quantitative estimate of drug-likeness (QED) is 0.629. The highest BCUT2D eigenvalue weighted by atomic mass is 32.1. The summed E-state index contributed by atoms with van der Waals surface area (Å²) in [7, 11) is 0. The van der Waals surface area contributed by atoms with E-state index < -0.39 is 0 Å². The number of hydrogen-bond donors (Lipinski definition) is 2. The molecule has 2 aliphatic rings. The average molecular weight is 440 g/mol. The number of aromatic nitrogens is 2. The lowest BCUT2D eigenvalue weighted by Gasteiger charge is -2.34. The van der Waals surface area contributed by atoms with Gasteiger partial charge in [-0.15, -0.1) is 11.3 Å². The SMILES string of the molecule is Cc1cnc2c(N)c(C(=O)NCCc3ccc(N4CC5CCC(C5)C4)c(F)c3)sc2n1. The summed E-state index contributed by atoms with van der Waals surface area (Å²) >= 11 is 1.24. The van der Waals surface area contributed by atoms with Gasteiger partial charge in [0.25, 0.3) is 5.91 Å². The highest BCUT2D eigenvalue weighted by molar-refractivity contribution is 7.21. The molecule has 0 spiro atoms. The number of nitrogens with one attached hydrogen (secondary N) is 1. The number of nitrogens with zero attached hydrogens (tertiary/aromatic N) is 3. The Bertz CT molecular complexity index is 1130. The van der Waals surface area contributed by atoms with Crippen molar-refractivity contribution in [3.63, 3.8) is 0 Å². The molecule has 1 saturated heterocycles. The maximum absolute atomic E-state index is 14.8. The monoisotopic (exact) mass is 439 g/mol. The van der Waals surface area contributed by atoms with Crippen molar-refractivity contribution in [3.05, 3.63) is 46.3 Å². The van der Waals surface area contributed by atoms with Gasteiger partial charge in [0.1, 0.15) is 21.0 Å². The Kier molecular flexibility index (Phi) is 5.25. The van der Waals surface area contributed by atoms with Gasteiger partial charge in [-0.1, -0.05) is 6.07 Å². The number of rotatable bonds is 5. The van der Waals surface area contributed by atoms with E-state index in [0.29, 0.717) is 51.4 Å². The lowest BCUT2D eigenvalue weighted by molar-refractivity contribution is 0.0959. The summed E-state index contributed by atoms with van der Waals surface area (Å²) in [5.74, 6) is 1.000. The summed E-state index contributed by atoms with van der Waals surface area (Å²) in [5.41, 5.74) is 9.37. The molecule has 6 nitrogen and oxygen atoms in total. The molecule has 31 heavy (non-hydrogen) atoms. The Hall–Kier alpha value is -2.74. The number of fused-ring (bicyclic) bond motifs is 3. The molecule has 3 aromatic rings. The Labute approximate surface area is 184 Å². The number of carbonyl (C=O) groups excluding carboxylic acids is 1. The number of nitrogens with two attached hydrogens (primary N) is 1. The Morgan fingerprint density at radius 2 is 2.10 bits per heavy atom. The number of halogens is 1. The van der Waals surface area contributed by atoms with Crippen molar-refractivity contribution >= 4 is 39.0 Å². The van der Waals surface area contributed by atoms with Crippen LogP contribution in [0.25, 0.3) is 10.3 Å². The fourth-order valence-corrected chi connectivity index (χ4v) is 5.92. The average Bonchev–Trinajstić information content (AvgIpc) is 3.26. The van der Waals surface area contributed by atoms with Crippen molar-refractivity contribution in [2.24, 2.45) is 11.8 Å². The van der Waals surface area contributed by atoms with Crippen LogP contribution in [0.1, 0.15) is 40.2 Å². The molecule has 1 amide bonds. The van der Waals surface area contributed by atoms with Crippen LogP contribution in [0.15, 0.2) is 24.4 Å². The van der Waals surface area contributed by atoms with Gasteiger partial charge in [-0.05, 0) is 62.1 Å². The van der Waals surface area contributed by atoms with Gasteiger partial charge in [-0.3, -0.25) is 4.79 Å². The van der Waals surface area contributed by atoms with Gasteiger partial charge in [0.15, 0.2) is 0 Å². The molecule has 5 rings (SSSR count). The molecule has 3 N–H and O–H groups in total. The number of aryl methyl sites for hydroxylation is 1. The number of piperidine rings is 1. The first-order chi connectivity index (χ1) is 15.0. The van der Waals surface area contributed by atoms with Crippen LogP contribution >= 0.6 is 11.3 Å². The third kappa shape index (κ3) is 3.96. The van der Waals surface area contributed by atoms with Gasteiger partial charge in [0.05, 0.1) is 17.1 Å². The van der Waals surface area contributed by atoms with E-state index in [-0.39, 0.29) is 11.7 Å². The molecule has 1 aromatic carbocycles. The maximum atomic E-state index is 14.8. The molecule has 0 radical (unpaired) electrons. The number of amides is 1. The molecule has 2 bridgehead atoms.